The average Bonchev–Trinajstić information content (AvgIpc) is 2.87. The summed E-state index contributed by atoms with van der Waals surface area (Å²) in [7, 11) is 1.40. The molecule has 2 rings (SSSR count). The molecule has 0 fully saturated rings. The lowest BCUT2D eigenvalue weighted by Crippen LogP contribution is -2.42. The first kappa shape index (κ1) is 14.3. The van der Waals surface area contributed by atoms with Crippen LogP contribution in [-0.2, 0) is 14.5 Å². The summed E-state index contributed by atoms with van der Waals surface area (Å²) in [5.41, 5.74) is 1.04. The average molecular weight is 301 g/mol. The fourth-order valence-corrected chi connectivity index (χ4v) is 3.22. The van der Waals surface area contributed by atoms with Crippen LogP contribution in [0.4, 0.5) is 5.00 Å². The molecule has 19 heavy (non-hydrogen) atoms. The molecule has 1 unspecified atom stereocenters. The highest BCUT2D eigenvalue weighted by atomic mass is 35.5. The van der Waals surface area contributed by atoms with Gasteiger partial charge in [-0.25, -0.2) is 4.99 Å². The van der Waals surface area contributed by atoms with Crippen LogP contribution in [-0.4, -0.2) is 18.9 Å². The number of alkyl halides is 1. The summed E-state index contributed by atoms with van der Waals surface area (Å²) >= 11 is 8.21. The molecule has 6 heteroatoms. The van der Waals surface area contributed by atoms with Gasteiger partial charge < -0.3 is 10.1 Å². The number of halogens is 1. The Morgan fingerprint density at radius 3 is 3.11 bits per heavy atom. The molecule has 2 heterocycles. The van der Waals surface area contributed by atoms with Crippen LogP contribution in [0.3, 0.4) is 0 Å². The van der Waals surface area contributed by atoms with E-state index < -0.39 is 5.00 Å². The summed E-state index contributed by atoms with van der Waals surface area (Å²) in [6.45, 7) is 2.04. The molecule has 0 spiro atoms. The number of esters is 1. The maximum Gasteiger partial charge on any atom is 0.305 e. The summed E-state index contributed by atoms with van der Waals surface area (Å²) in [5.74, 6) is 0.650. The minimum Gasteiger partial charge on any atom is -0.469 e. The van der Waals surface area contributed by atoms with Gasteiger partial charge in [-0.05, 0) is 24.3 Å². The van der Waals surface area contributed by atoms with Gasteiger partial charge in [0.05, 0.1) is 7.11 Å². The van der Waals surface area contributed by atoms with Crippen LogP contribution in [0, 0.1) is 0 Å². The standard InChI is InChI=1S/C13H17ClN2O2S/c1-3-13(14)9-7-8-19-12(9)15-10(16-13)5-4-6-11(17)18-2/h7-8H,3-6H2,1-2H3,(H,15,16). The molecular weight excluding hydrogens is 284 g/mol. The highest BCUT2D eigenvalue weighted by Gasteiger charge is 2.34. The van der Waals surface area contributed by atoms with Crippen molar-refractivity contribution < 1.29 is 9.53 Å². The lowest BCUT2D eigenvalue weighted by molar-refractivity contribution is -0.140. The Labute approximate surface area is 121 Å². The second-order valence-electron chi connectivity index (χ2n) is 4.41. The number of methoxy groups -OCH3 is 1. The van der Waals surface area contributed by atoms with Gasteiger partial charge in [-0.1, -0.05) is 18.5 Å². The first-order valence-corrected chi connectivity index (χ1v) is 7.54. The van der Waals surface area contributed by atoms with E-state index in [9.17, 15) is 4.79 Å². The monoisotopic (exact) mass is 300 g/mol. The summed E-state index contributed by atoms with van der Waals surface area (Å²) in [6.07, 6.45) is 2.57. The molecule has 1 aromatic heterocycles. The SMILES string of the molecule is CCC1(Cl)NC(CCCC(=O)OC)=Nc2sccc21. The van der Waals surface area contributed by atoms with Gasteiger partial charge in [0.2, 0.25) is 0 Å². The first-order valence-electron chi connectivity index (χ1n) is 6.28. The summed E-state index contributed by atoms with van der Waals surface area (Å²) < 4.78 is 4.62. The van der Waals surface area contributed by atoms with Crippen LogP contribution in [0.2, 0.25) is 0 Å². The zero-order chi connectivity index (χ0) is 13.9. The summed E-state index contributed by atoms with van der Waals surface area (Å²) in [6, 6.07) is 2.01. The maximum atomic E-state index is 11.1. The van der Waals surface area contributed by atoms with E-state index in [1.807, 2.05) is 18.4 Å². The van der Waals surface area contributed by atoms with Crippen molar-refractivity contribution in [1.29, 1.82) is 0 Å². The Kier molecular flexibility index (Phi) is 4.47. The molecule has 0 bridgehead atoms. The van der Waals surface area contributed by atoms with Crippen molar-refractivity contribution in [3.63, 3.8) is 0 Å². The number of nitrogens with zero attached hydrogens (tertiary/aromatic N) is 1. The third-order valence-electron chi connectivity index (χ3n) is 3.16. The molecule has 0 amide bonds. The van der Waals surface area contributed by atoms with Crippen molar-refractivity contribution in [1.82, 2.24) is 5.32 Å². The van der Waals surface area contributed by atoms with Gasteiger partial charge in [0.1, 0.15) is 15.8 Å². The number of rotatable bonds is 5. The molecule has 0 aromatic carbocycles. The number of aliphatic imine (C=N–C) groups is 1. The fraction of sp³-hybridized carbons (Fsp3) is 0.538. The minimum absolute atomic E-state index is 0.194. The van der Waals surface area contributed by atoms with Gasteiger partial charge in [0.15, 0.2) is 0 Å². The van der Waals surface area contributed by atoms with Crippen molar-refractivity contribution in [3.8, 4) is 0 Å². The number of carbonyl (C=O) groups excluding carboxylic acids is 1. The molecule has 1 aliphatic heterocycles. The van der Waals surface area contributed by atoms with E-state index in [-0.39, 0.29) is 5.97 Å². The van der Waals surface area contributed by atoms with Crippen molar-refractivity contribution in [2.75, 3.05) is 7.11 Å². The molecule has 104 valence electrons. The summed E-state index contributed by atoms with van der Waals surface area (Å²) in [5, 5.41) is 6.25. The number of amidine groups is 1. The van der Waals surface area contributed by atoms with Gasteiger partial charge >= 0.3 is 5.97 Å². The Balaban J connectivity index is 2.06. The molecular formula is C13H17ClN2O2S. The van der Waals surface area contributed by atoms with E-state index in [2.05, 4.69) is 15.0 Å². The molecule has 0 saturated heterocycles. The molecule has 0 radical (unpaired) electrons. The highest BCUT2D eigenvalue weighted by Crippen LogP contribution is 2.42. The molecule has 0 aliphatic carbocycles. The molecule has 1 atom stereocenters. The maximum absolute atomic E-state index is 11.1. The first-order chi connectivity index (χ1) is 9.09. The number of nitrogens with one attached hydrogen (secondary N) is 1. The smallest absolute Gasteiger partial charge is 0.305 e. The number of ether oxygens (including phenoxy) is 1. The van der Waals surface area contributed by atoms with Gasteiger partial charge in [0.25, 0.3) is 0 Å². The van der Waals surface area contributed by atoms with E-state index >= 15 is 0 Å². The highest BCUT2D eigenvalue weighted by molar-refractivity contribution is 7.14. The number of carbonyl (C=O) groups is 1. The Bertz CT molecular complexity index is 501. The van der Waals surface area contributed by atoms with E-state index in [1.165, 1.54) is 7.11 Å². The minimum atomic E-state index is -0.572. The predicted molar refractivity (Wildman–Crippen MR) is 78.2 cm³/mol. The van der Waals surface area contributed by atoms with Crippen molar-refractivity contribution >= 4 is 39.7 Å². The van der Waals surface area contributed by atoms with E-state index in [1.54, 1.807) is 11.3 Å². The molecule has 1 N–H and O–H groups in total. The Hall–Kier alpha value is -1.07. The van der Waals surface area contributed by atoms with Gasteiger partial charge in [-0.3, -0.25) is 4.79 Å². The lowest BCUT2D eigenvalue weighted by Gasteiger charge is -2.32. The van der Waals surface area contributed by atoms with E-state index in [4.69, 9.17) is 11.6 Å². The quantitative estimate of drug-likeness (QED) is 0.514. The van der Waals surface area contributed by atoms with Crippen LogP contribution in [0.5, 0.6) is 0 Å². The molecule has 0 saturated carbocycles. The van der Waals surface area contributed by atoms with Crippen LogP contribution >= 0.6 is 22.9 Å². The normalized spacial score (nSPS) is 21.3. The van der Waals surface area contributed by atoms with Gasteiger partial charge in [-0.15, -0.1) is 11.3 Å². The van der Waals surface area contributed by atoms with Crippen LogP contribution in [0.25, 0.3) is 0 Å². The van der Waals surface area contributed by atoms with E-state index in [0.717, 1.165) is 22.8 Å². The number of thiophene rings is 1. The third kappa shape index (κ3) is 3.09. The van der Waals surface area contributed by atoms with Crippen molar-refractivity contribution in [3.05, 3.63) is 17.0 Å². The number of hydrogen-bond acceptors (Lipinski definition) is 5. The summed E-state index contributed by atoms with van der Waals surface area (Å²) in [4.78, 5) is 15.1. The Morgan fingerprint density at radius 1 is 1.63 bits per heavy atom. The van der Waals surface area contributed by atoms with Crippen LogP contribution in [0.1, 0.15) is 38.2 Å². The fourth-order valence-electron chi connectivity index (χ4n) is 2.04. The lowest BCUT2D eigenvalue weighted by atomic mass is 10.0. The Morgan fingerprint density at radius 2 is 2.42 bits per heavy atom. The molecule has 1 aromatic rings. The van der Waals surface area contributed by atoms with Gasteiger partial charge in [-0.2, -0.15) is 0 Å². The second-order valence-corrected chi connectivity index (χ2v) is 5.95. The number of hydrogen-bond donors (Lipinski definition) is 1. The predicted octanol–water partition coefficient (Wildman–Crippen LogP) is 3.53. The molecule has 1 aliphatic rings. The van der Waals surface area contributed by atoms with Crippen LogP contribution < -0.4 is 5.32 Å². The van der Waals surface area contributed by atoms with Crippen molar-refractivity contribution in [2.45, 2.75) is 37.6 Å². The van der Waals surface area contributed by atoms with Gasteiger partial charge in [0, 0.05) is 18.4 Å². The third-order valence-corrected chi connectivity index (χ3v) is 4.53. The van der Waals surface area contributed by atoms with Crippen LogP contribution in [0.15, 0.2) is 16.4 Å². The topological polar surface area (TPSA) is 50.7 Å². The van der Waals surface area contributed by atoms with E-state index in [0.29, 0.717) is 19.3 Å². The number of fused-ring (bicyclic) bond motifs is 1. The largest absolute Gasteiger partial charge is 0.469 e. The van der Waals surface area contributed by atoms with Crippen molar-refractivity contribution in [2.24, 2.45) is 4.99 Å². The second kappa shape index (κ2) is 5.92. The molecule has 4 nitrogen and oxygen atoms in total. The zero-order valence-electron chi connectivity index (χ0n) is 11.0. The zero-order valence-corrected chi connectivity index (χ0v) is 12.6.